The van der Waals surface area contributed by atoms with E-state index in [1.807, 2.05) is 18.2 Å². The molecule has 1 fully saturated rings. The first-order valence-electron chi connectivity index (χ1n) is 4.90. The van der Waals surface area contributed by atoms with Gasteiger partial charge in [-0.1, -0.05) is 30.3 Å². The molecule has 3 nitrogen and oxygen atoms in total. The molecule has 0 spiro atoms. The molecule has 15 heavy (non-hydrogen) atoms. The van der Waals surface area contributed by atoms with Gasteiger partial charge in [-0.2, -0.15) is 12.6 Å². The lowest BCUT2D eigenvalue weighted by Crippen LogP contribution is -2.27. The fourth-order valence-corrected chi connectivity index (χ4v) is 1.80. The highest BCUT2D eigenvalue weighted by atomic mass is 32.1. The minimum absolute atomic E-state index is 0.134. The Balaban J connectivity index is 1.88. The van der Waals surface area contributed by atoms with Crippen molar-refractivity contribution in [3.05, 3.63) is 35.9 Å². The number of hydrogen-bond acceptors (Lipinski definition) is 4. The van der Waals surface area contributed by atoms with Crippen LogP contribution in [-0.4, -0.2) is 19.9 Å². The molecule has 0 radical (unpaired) electrons. The minimum atomic E-state index is -0.207. The average Bonchev–Trinajstić information content (AvgIpc) is 2.31. The van der Waals surface area contributed by atoms with E-state index in [-0.39, 0.29) is 11.5 Å². The molecule has 0 bridgehead atoms. The summed E-state index contributed by atoms with van der Waals surface area (Å²) in [7, 11) is 0. The molecule has 4 heteroatoms. The molecule has 1 atom stereocenters. The van der Waals surface area contributed by atoms with Gasteiger partial charge in [0, 0.05) is 11.7 Å². The van der Waals surface area contributed by atoms with Crippen molar-refractivity contribution >= 4 is 12.6 Å². The molecular weight excluding hydrogens is 212 g/mol. The highest BCUT2D eigenvalue weighted by Gasteiger charge is 2.19. The maximum atomic E-state index is 5.28. The Hall–Kier alpha value is -0.550. The Kier molecular flexibility index (Phi) is 4.02. The summed E-state index contributed by atoms with van der Waals surface area (Å²) in [5.41, 5.74) is 1.18. The van der Waals surface area contributed by atoms with E-state index >= 15 is 0 Å². The predicted molar refractivity (Wildman–Crippen MR) is 59.6 cm³/mol. The molecule has 1 saturated heterocycles. The van der Waals surface area contributed by atoms with E-state index in [0.717, 1.165) is 6.42 Å². The maximum Gasteiger partial charge on any atom is 0.164 e. The number of benzene rings is 1. The molecule has 1 unspecified atom stereocenters. The average molecular weight is 226 g/mol. The van der Waals surface area contributed by atoms with Gasteiger partial charge in [0.2, 0.25) is 0 Å². The highest BCUT2D eigenvalue weighted by Crippen LogP contribution is 2.26. The van der Waals surface area contributed by atoms with Gasteiger partial charge in [-0.05, 0) is 5.56 Å². The normalized spacial score (nSPS) is 20.1. The molecule has 1 aliphatic heterocycles. The summed E-state index contributed by atoms with van der Waals surface area (Å²) in [6.07, 6.45) is 0.526. The summed E-state index contributed by atoms with van der Waals surface area (Å²) in [6.45, 7) is 0.611. The van der Waals surface area contributed by atoms with Crippen molar-refractivity contribution in [1.82, 2.24) is 0 Å². The van der Waals surface area contributed by atoms with Crippen LogP contribution in [0.15, 0.2) is 30.3 Å². The van der Waals surface area contributed by atoms with E-state index in [2.05, 4.69) is 24.8 Å². The topological polar surface area (TPSA) is 27.7 Å². The van der Waals surface area contributed by atoms with Crippen LogP contribution < -0.4 is 0 Å². The molecule has 1 heterocycles. The Morgan fingerprint density at radius 3 is 2.53 bits per heavy atom. The lowest BCUT2D eigenvalue weighted by Gasteiger charge is -2.25. The van der Waals surface area contributed by atoms with Gasteiger partial charge in [0.15, 0.2) is 19.9 Å². The molecular formula is C11H14O3S. The number of thiol groups is 1. The molecule has 1 aromatic carbocycles. The summed E-state index contributed by atoms with van der Waals surface area (Å²) >= 11 is 4.53. The highest BCUT2D eigenvalue weighted by molar-refractivity contribution is 7.80. The van der Waals surface area contributed by atoms with E-state index in [1.165, 1.54) is 5.56 Å². The number of hydrogen-bond donors (Lipinski definition) is 1. The fraction of sp³-hybridized carbons (Fsp3) is 0.455. The summed E-state index contributed by atoms with van der Waals surface area (Å²) in [5.74, 6) is 0. The second-order valence-corrected chi connectivity index (χ2v) is 3.99. The Labute approximate surface area is 94.7 Å². The molecule has 0 aromatic heterocycles. The van der Waals surface area contributed by atoms with Crippen LogP contribution in [0.5, 0.6) is 0 Å². The van der Waals surface area contributed by atoms with Crippen LogP contribution in [-0.2, 0) is 14.2 Å². The van der Waals surface area contributed by atoms with Gasteiger partial charge in [-0.25, -0.2) is 0 Å². The van der Waals surface area contributed by atoms with E-state index in [9.17, 15) is 0 Å². The molecule has 0 amide bonds. The minimum Gasteiger partial charge on any atom is -0.329 e. The summed E-state index contributed by atoms with van der Waals surface area (Å²) < 4.78 is 15.5. The van der Waals surface area contributed by atoms with Crippen LogP contribution in [0.4, 0.5) is 0 Å². The van der Waals surface area contributed by atoms with Gasteiger partial charge >= 0.3 is 0 Å². The Bertz CT molecular complexity index is 285. The zero-order valence-electron chi connectivity index (χ0n) is 8.33. The number of rotatable bonds is 3. The lowest BCUT2D eigenvalue weighted by atomic mass is 10.1. The van der Waals surface area contributed by atoms with Gasteiger partial charge < -0.3 is 14.2 Å². The van der Waals surface area contributed by atoms with Gasteiger partial charge in [-0.3, -0.25) is 0 Å². The zero-order chi connectivity index (χ0) is 10.5. The van der Waals surface area contributed by atoms with Crippen LogP contribution >= 0.6 is 12.6 Å². The van der Waals surface area contributed by atoms with Crippen molar-refractivity contribution in [1.29, 1.82) is 0 Å². The van der Waals surface area contributed by atoms with Crippen LogP contribution in [0.1, 0.15) is 17.2 Å². The van der Waals surface area contributed by atoms with Gasteiger partial charge in [-0.15, -0.1) is 0 Å². The van der Waals surface area contributed by atoms with E-state index in [1.54, 1.807) is 0 Å². The van der Waals surface area contributed by atoms with Crippen LogP contribution in [0.25, 0.3) is 0 Å². The van der Waals surface area contributed by atoms with Crippen LogP contribution in [0.3, 0.4) is 0 Å². The summed E-state index contributed by atoms with van der Waals surface area (Å²) in [4.78, 5) is 0. The Morgan fingerprint density at radius 2 is 1.87 bits per heavy atom. The SMILES string of the molecule is SC(CC1OCOCO1)c1ccccc1. The molecule has 0 aliphatic carbocycles. The van der Waals surface area contributed by atoms with Crippen molar-refractivity contribution in [3.63, 3.8) is 0 Å². The maximum absolute atomic E-state index is 5.28. The van der Waals surface area contributed by atoms with Crippen molar-refractivity contribution < 1.29 is 14.2 Å². The van der Waals surface area contributed by atoms with Crippen molar-refractivity contribution in [2.45, 2.75) is 18.0 Å². The third-order valence-corrected chi connectivity index (χ3v) is 2.78. The smallest absolute Gasteiger partial charge is 0.164 e. The molecule has 0 saturated carbocycles. The van der Waals surface area contributed by atoms with Crippen LogP contribution in [0, 0.1) is 0 Å². The van der Waals surface area contributed by atoms with Crippen molar-refractivity contribution in [2.24, 2.45) is 0 Å². The Morgan fingerprint density at radius 1 is 1.20 bits per heavy atom. The third kappa shape index (κ3) is 3.21. The van der Waals surface area contributed by atoms with E-state index in [0.29, 0.717) is 13.6 Å². The van der Waals surface area contributed by atoms with Gasteiger partial charge in [0.05, 0.1) is 0 Å². The van der Waals surface area contributed by atoms with Gasteiger partial charge in [0.1, 0.15) is 0 Å². The largest absolute Gasteiger partial charge is 0.329 e. The molecule has 1 aliphatic rings. The first kappa shape index (κ1) is 11.0. The van der Waals surface area contributed by atoms with E-state index < -0.39 is 0 Å². The monoisotopic (exact) mass is 226 g/mol. The first-order valence-corrected chi connectivity index (χ1v) is 5.42. The molecule has 2 rings (SSSR count). The fourth-order valence-electron chi connectivity index (χ4n) is 1.46. The van der Waals surface area contributed by atoms with E-state index in [4.69, 9.17) is 14.2 Å². The van der Waals surface area contributed by atoms with Crippen molar-refractivity contribution in [2.75, 3.05) is 13.6 Å². The third-order valence-electron chi connectivity index (χ3n) is 2.27. The van der Waals surface area contributed by atoms with Gasteiger partial charge in [0.25, 0.3) is 0 Å². The lowest BCUT2D eigenvalue weighted by molar-refractivity contribution is -0.300. The summed E-state index contributed by atoms with van der Waals surface area (Å²) in [6, 6.07) is 10.1. The zero-order valence-corrected chi connectivity index (χ0v) is 9.23. The number of ether oxygens (including phenoxy) is 3. The standard InChI is InChI=1S/C11H14O3S/c15-10(9-4-2-1-3-5-9)6-11-13-7-12-8-14-11/h1-5,10-11,15H,6-8H2. The van der Waals surface area contributed by atoms with Crippen LogP contribution in [0.2, 0.25) is 0 Å². The molecule has 82 valence electrons. The molecule has 1 aromatic rings. The molecule has 0 N–H and O–H groups in total. The second kappa shape index (κ2) is 5.51. The summed E-state index contributed by atoms with van der Waals surface area (Å²) in [5, 5.41) is 0.134. The van der Waals surface area contributed by atoms with Crippen molar-refractivity contribution in [3.8, 4) is 0 Å². The first-order chi connectivity index (χ1) is 7.36. The quantitative estimate of drug-likeness (QED) is 0.802. The second-order valence-electron chi connectivity index (χ2n) is 3.36. The predicted octanol–water partition coefficient (Wildman–Crippen LogP) is 2.35.